The van der Waals surface area contributed by atoms with Crippen LogP contribution in [0.5, 0.6) is 0 Å². The largest absolute Gasteiger partial charge is 0.502 e. The van der Waals surface area contributed by atoms with Crippen LogP contribution in [0.4, 0.5) is 4.39 Å². The molecule has 0 saturated carbocycles. The second-order valence-corrected chi connectivity index (χ2v) is 2.03. The summed E-state index contributed by atoms with van der Waals surface area (Å²) in [4.78, 5) is 9.36. The van der Waals surface area contributed by atoms with Crippen molar-refractivity contribution in [2.24, 2.45) is 0 Å². The molecule has 0 heterocycles. The average Bonchev–Trinajstić information content (AvgIpc) is 1.85. The molecule has 0 aliphatic heterocycles. The minimum absolute atomic E-state index is 0.166. The summed E-state index contributed by atoms with van der Waals surface area (Å²) >= 11 is 0. The maximum absolute atomic E-state index is 12.3. The third kappa shape index (κ3) is 1.54. The van der Waals surface area contributed by atoms with Gasteiger partial charge in [0.25, 0.3) is 5.70 Å². The van der Waals surface area contributed by atoms with E-state index in [1.807, 2.05) is 0 Å². The van der Waals surface area contributed by atoms with Crippen molar-refractivity contribution in [1.82, 2.24) is 0 Å². The van der Waals surface area contributed by atoms with Crippen molar-refractivity contribution in [2.75, 3.05) is 0 Å². The van der Waals surface area contributed by atoms with Crippen LogP contribution in [0.3, 0.4) is 0 Å². The molecule has 1 aliphatic carbocycles. The molecule has 1 N–H and O–H groups in total. The minimum atomic E-state index is -0.727. The van der Waals surface area contributed by atoms with Crippen LogP contribution >= 0.6 is 0 Å². The molecule has 0 amide bonds. The molecule has 0 aromatic rings. The molecule has 1 radical (unpaired) electrons. The Balaban J connectivity index is 2.95. The molecule has 0 spiro atoms. The van der Waals surface area contributed by atoms with E-state index in [0.29, 0.717) is 0 Å². The fourth-order valence-corrected chi connectivity index (χ4v) is 0.740. The predicted molar refractivity (Wildman–Crippen MR) is 34.8 cm³/mol. The summed E-state index contributed by atoms with van der Waals surface area (Å²) in [6.45, 7) is 0. The number of allylic oxidation sites excluding steroid dienone is 3. The molecule has 0 unspecified atom stereocenters. The van der Waals surface area contributed by atoms with Crippen LogP contribution in [0.1, 0.15) is 6.42 Å². The second kappa shape index (κ2) is 2.69. The average molecular weight is 158 g/mol. The highest BCUT2D eigenvalue weighted by molar-refractivity contribution is 5.28. The lowest BCUT2D eigenvalue weighted by Gasteiger charge is -2.04. The lowest BCUT2D eigenvalue weighted by Crippen LogP contribution is -2.06. The molecule has 4 nitrogen and oxygen atoms in total. The number of aliphatic hydroxyl groups excluding tert-OH is 1. The molecule has 0 fully saturated rings. The zero-order chi connectivity index (χ0) is 8.43. The van der Waals surface area contributed by atoms with E-state index in [0.717, 1.165) is 12.5 Å². The van der Waals surface area contributed by atoms with Gasteiger partial charge >= 0.3 is 0 Å². The zero-order valence-electron chi connectivity index (χ0n) is 5.45. The second-order valence-electron chi connectivity index (χ2n) is 2.03. The fourth-order valence-electron chi connectivity index (χ4n) is 0.740. The van der Waals surface area contributed by atoms with Gasteiger partial charge in [0.2, 0.25) is 0 Å². The van der Waals surface area contributed by atoms with Gasteiger partial charge in [-0.25, -0.2) is 4.39 Å². The summed E-state index contributed by atoms with van der Waals surface area (Å²) in [5.74, 6) is -1.25. The molecule has 59 valence electrons. The van der Waals surface area contributed by atoms with E-state index in [-0.39, 0.29) is 12.1 Å². The van der Waals surface area contributed by atoms with Crippen molar-refractivity contribution in [3.8, 4) is 0 Å². The van der Waals surface area contributed by atoms with E-state index in [9.17, 15) is 14.5 Å². The van der Waals surface area contributed by atoms with Gasteiger partial charge in [0, 0.05) is 12.5 Å². The van der Waals surface area contributed by atoms with E-state index in [2.05, 4.69) is 0 Å². The molecule has 1 rings (SSSR count). The molecular weight excluding hydrogens is 153 g/mol. The van der Waals surface area contributed by atoms with Crippen molar-refractivity contribution in [3.63, 3.8) is 0 Å². The van der Waals surface area contributed by atoms with Crippen LogP contribution in [-0.4, -0.2) is 10.0 Å². The first-order chi connectivity index (χ1) is 5.11. The van der Waals surface area contributed by atoms with E-state index < -0.39 is 16.5 Å². The Morgan fingerprint density at radius 3 is 2.82 bits per heavy atom. The molecule has 5 heteroatoms. The van der Waals surface area contributed by atoms with Gasteiger partial charge in [-0.05, 0) is 0 Å². The summed E-state index contributed by atoms with van der Waals surface area (Å²) in [7, 11) is 0. The highest BCUT2D eigenvalue weighted by atomic mass is 19.1. The van der Waals surface area contributed by atoms with Crippen LogP contribution < -0.4 is 0 Å². The van der Waals surface area contributed by atoms with Crippen LogP contribution in [0.25, 0.3) is 0 Å². The maximum Gasteiger partial charge on any atom is 0.288 e. The van der Waals surface area contributed by atoms with Gasteiger partial charge in [-0.2, -0.15) is 0 Å². The summed E-state index contributed by atoms with van der Waals surface area (Å²) in [5.41, 5.74) is -0.369. The predicted octanol–water partition coefficient (Wildman–Crippen LogP) is 1.49. The monoisotopic (exact) mass is 158 g/mol. The molecule has 0 aromatic heterocycles. The van der Waals surface area contributed by atoms with Crippen LogP contribution in [0.15, 0.2) is 23.4 Å². The Hall–Kier alpha value is -1.39. The normalized spacial score (nSPS) is 18.1. The van der Waals surface area contributed by atoms with Crippen molar-refractivity contribution in [1.29, 1.82) is 0 Å². The lowest BCUT2D eigenvalue weighted by atomic mass is 10.1. The van der Waals surface area contributed by atoms with E-state index >= 15 is 0 Å². The molecule has 0 aromatic carbocycles. The van der Waals surface area contributed by atoms with E-state index in [1.54, 1.807) is 0 Å². The van der Waals surface area contributed by atoms with Gasteiger partial charge in [0.05, 0.1) is 11.3 Å². The Labute approximate surface area is 61.8 Å². The third-order valence-corrected chi connectivity index (χ3v) is 1.28. The molecule has 0 atom stereocenters. The van der Waals surface area contributed by atoms with Crippen molar-refractivity contribution in [2.45, 2.75) is 6.42 Å². The highest BCUT2D eigenvalue weighted by Crippen LogP contribution is 2.22. The van der Waals surface area contributed by atoms with E-state index in [1.165, 1.54) is 0 Å². The molecule has 11 heavy (non-hydrogen) atoms. The fraction of sp³-hybridized carbons (Fsp3) is 0.167. The molecule has 0 bridgehead atoms. The number of halogens is 1. The molecular formula is C6H5FNO3. The van der Waals surface area contributed by atoms with Crippen molar-refractivity contribution in [3.05, 3.63) is 39.9 Å². The van der Waals surface area contributed by atoms with Gasteiger partial charge in [0.15, 0.2) is 5.76 Å². The smallest absolute Gasteiger partial charge is 0.288 e. The third-order valence-electron chi connectivity index (χ3n) is 1.28. The van der Waals surface area contributed by atoms with E-state index in [4.69, 9.17) is 5.11 Å². The summed E-state index contributed by atoms with van der Waals surface area (Å²) < 4.78 is 12.3. The quantitative estimate of drug-likeness (QED) is 0.464. The maximum atomic E-state index is 12.3. The summed E-state index contributed by atoms with van der Waals surface area (Å²) in [6.07, 6.45) is 1.60. The van der Waals surface area contributed by atoms with Gasteiger partial charge in [-0.15, -0.1) is 0 Å². The first-order valence-corrected chi connectivity index (χ1v) is 2.88. The van der Waals surface area contributed by atoms with Gasteiger partial charge < -0.3 is 5.11 Å². The first kappa shape index (κ1) is 7.71. The summed E-state index contributed by atoms with van der Waals surface area (Å²) in [6, 6.07) is 0. The van der Waals surface area contributed by atoms with Crippen LogP contribution in [0.2, 0.25) is 0 Å². The first-order valence-electron chi connectivity index (χ1n) is 2.88. The standard InChI is InChI=1S/C6H5FNO3/c7-4-1-2-5(8(10)11)6(9)3-4/h1,3,9H,2H2. The lowest BCUT2D eigenvalue weighted by molar-refractivity contribution is -0.430. The SMILES string of the molecule is O=[N+]([O-])C1=C(O)C=C(F)[CH]C1. The number of nitro groups is 1. The Morgan fingerprint density at radius 1 is 1.73 bits per heavy atom. The molecule has 0 saturated heterocycles. The number of rotatable bonds is 1. The minimum Gasteiger partial charge on any atom is -0.502 e. The molecule has 1 aliphatic rings. The van der Waals surface area contributed by atoms with Gasteiger partial charge in [-0.3, -0.25) is 10.1 Å². The van der Waals surface area contributed by atoms with Gasteiger partial charge in [0.1, 0.15) is 5.83 Å². The number of hydrogen-bond acceptors (Lipinski definition) is 3. The zero-order valence-corrected chi connectivity index (χ0v) is 5.45. The Morgan fingerprint density at radius 2 is 2.36 bits per heavy atom. The van der Waals surface area contributed by atoms with Crippen LogP contribution in [-0.2, 0) is 0 Å². The number of nitrogens with zero attached hydrogens (tertiary/aromatic N) is 1. The summed E-state index contributed by atoms with van der Waals surface area (Å²) in [5, 5.41) is 18.9. The topological polar surface area (TPSA) is 63.4 Å². The highest BCUT2D eigenvalue weighted by Gasteiger charge is 2.22. The number of hydrogen-bond donors (Lipinski definition) is 1. The van der Waals surface area contributed by atoms with Crippen LogP contribution in [0, 0.1) is 16.5 Å². The van der Waals surface area contributed by atoms with Gasteiger partial charge in [-0.1, -0.05) is 0 Å². The van der Waals surface area contributed by atoms with Crippen molar-refractivity contribution < 1.29 is 14.4 Å². The Kier molecular flexibility index (Phi) is 1.89. The number of aliphatic hydroxyl groups is 1. The Bertz CT molecular complexity index is 257. The van der Waals surface area contributed by atoms with Crippen molar-refractivity contribution >= 4 is 0 Å².